The van der Waals surface area contributed by atoms with Crippen LogP contribution < -0.4 is 21.7 Å². The predicted octanol–water partition coefficient (Wildman–Crippen LogP) is -4.34. The van der Waals surface area contributed by atoms with Crippen molar-refractivity contribution < 1.29 is 59.1 Å². The highest BCUT2D eigenvalue weighted by molar-refractivity contribution is 5.97. The Morgan fingerprint density at radius 1 is 0.656 bits per heavy atom. The zero-order chi connectivity index (χ0) is 25.2. The van der Waals surface area contributed by atoms with Gasteiger partial charge >= 0.3 is 23.9 Å². The van der Waals surface area contributed by atoms with E-state index >= 15 is 0 Å². The molecule has 0 heterocycles. The molecule has 0 aliphatic carbocycles. The maximum Gasteiger partial charge on any atom is 0.326 e. The lowest BCUT2D eigenvalue weighted by molar-refractivity contribution is -0.148. The molecule has 16 nitrogen and oxygen atoms in total. The van der Waals surface area contributed by atoms with Crippen molar-refractivity contribution in [2.45, 2.75) is 56.5 Å². The first-order valence-corrected chi connectivity index (χ1v) is 8.88. The fourth-order valence-electron chi connectivity index (χ4n) is 2.17. The quantitative estimate of drug-likeness (QED) is 0.118. The second kappa shape index (κ2) is 12.8. The van der Waals surface area contributed by atoms with E-state index in [-0.39, 0.29) is 0 Å². The fraction of sp³-hybridized carbons (Fsp3) is 0.562. The van der Waals surface area contributed by atoms with Crippen molar-refractivity contribution in [2.75, 3.05) is 0 Å². The minimum absolute atomic E-state index is 1.01. The van der Waals surface area contributed by atoms with E-state index in [2.05, 4.69) is 0 Å². The fourth-order valence-corrected chi connectivity index (χ4v) is 2.17. The third-order valence-electron chi connectivity index (χ3n) is 3.84. The van der Waals surface area contributed by atoms with E-state index in [9.17, 15) is 38.7 Å². The lowest BCUT2D eigenvalue weighted by Crippen LogP contribution is -2.58. The Bertz CT molecular complexity index is 768. The summed E-state index contributed by atoms with van der Waals surface area (Å²) in [5.41, 5.74) is 5.39. The molecule has 0 spiro atoms. The lowest BCUT2D eigenvalue weighted by Gasteiger charge is -2.24. The molecule has 0 radical (unpaired) electrons. The monoisotopic (exact) mass is 464 g/mol. The van der Waals surface area contributed by atoms with Gasteiger partial charge in [-0.1, -0.05) is 0 Å². The van der Waals surface area contributed by atoms with Crippen molar-refractivity contribution in [1.82, 2.24) is 16.0 Å². The molecule has 0 aromatic rings. The van der Waals surface area contributed by atoms with E-state index in [1.807, 2.05) is 10.6 Å². The van der Waals surface area contributed by atoms with Crippen molar-refractivity contribution in [3.05, 3.63) is 0 Å². The van der Waals surface area contributed by atoms with Gasteiger partial charge in [-0.2, -0.15) is 0 Å². The van der Waals surface area contributed by atoms with Gasteiger partial charge in [0.2, 0.25) is 17.7 Å². The van der Waals surface area contributed by atoms with Crippen molar-refractivity contribution >= 4 is 41.6 Å². The van der Waals surface area contributed by atoms with E-state index in [0.717, 1.165) is 6.92 Å². The number of rotatable bonds is 14. The zero-order valence-electron chi connectivity index (χ0n) is 16.7. The van der Waals surface area contributed by atoms with Gasteiger partial charge < -0.3 is 47.2 Å². The summed E-state index contributed by atoms with van der Waals surface area (Å²) < 4.78 is 0. The summed E-state index contributed by atoms with van der Waals surface area (Å²) >= 11 is 0. The van der Waals surface area contributed by atoms with Crippen LogP contribution in [0.5, 0.6) is 0 Å². The van der Waals surface area contributed by atoms with Crippen LogP contribution in [0.15, 0.2) is 0 Å². The maximum atomic E-state index is 12.4. The van der Waals surface area contributed by atoms with Gasteiger partial charge in [0.1, 0.15) is 24.2 Å². The molecular weight excluding hydrogens is 440 g/mol. The number of carbonyl (C=O) groups is 7. The van der Waals surface area contributed by atoms with E-state index in [4.69, 9.17) is 26.2 Å². The second-order valence-electron chi connectivity index (χ2n) is 6.58. The normalized spacial score (nSPS) is 15.2. The number of carboxylic acid groups (broad SMARTS) is 4. The summed E-state index contributed by atoms with van der Waals surface area (Å²) in [6.45, 7) is 1.15. The molecule has 180 valence electrons. The van der Waals surface area contributed by atoms with Crippen LogP contribution in [-0.4, -0.2) is 97.4 Å². The van der Waals surface area contributed by atoms with E-state index in [0.29, 0.717) is 0 Å². The Hall–Kier alpha value is -3.79. The number of aliphatic carboxylic acids is 4. The third kappa shape index (κ3) is 10.3. The Balaban J connectivity index is 5.58. The number of carboxylic acids is 4. The summed E-state index contributed by atoms with van der Waals surface area (Å²) in [5, 5.41) is 50.5. The standard InChI is InChI=1S/C16H24N4O12/c1-5(21)12(17)15(30)19-7(3-10(24)25)13(28)18-6(2-9(22)23)14(29)20-8(16(31)32)4-11(26)27/h5-8,12,21H,2-4,17H2,1H3,(H,18,28)(H,19,30)(H,20,29)(H,22,23)(H,24,25)(H,26,27)(H,31,32). The Kier molecular flexibility index (Phi) is 11.3. The molecule has 16 heteroatoms. The average molecular weight is 464 g/mol. The first-order valence-electron chi connectivity index (χ1n) is 8.88. The van der Waals surface area contributed by atoms with Crippen molar-refractivity contribution in [3.63, 3.8) is 0 Å². The van der Waals surface area contributed by atoms with Crippen LogP contribution in [0.3, 0.4) is 0 Å². The van der Waals surface area contributed by atoms with Crippen molar-refractivity contribution in [1.29, 1.82) is 0 Å². The van der Waals surface area contributed by atoms with Crippen LogP contribution in [0.1, 0.15) is 26.2 Å². The topological polar surface area (TPSA) is 283 Å². The summed E-state index contributed by atoms with van der Waals surface area (Å²) in [6, 6.07) is -7.28. The maximum absolute atomic E-state index is 12.4. The van der Waals surface area contributed by atoms with Crippen LogP contribution >= 0.6 is 0 Å². The minimum Gasteiger partial charge on any atom is -0.481 e. The number of carbonyl (C=O) groups excluding carboxylic acids is 3. The van der Waals surface area contributed by atoms with Gasteiger partial charge in [-0.3, -0.25) is 28.8 Å². The number of nitrogens with two attached hydrogens (primary N) is 1. The predicted molar refractivity (Wildman–Crippen MR) is 99.8 cm³/mol. The highest BCUT2D eigenvalue weighted by Crippen LogP contribution is 2.02. The van der Waals surface area contributed by atoms with Crippen LogP contribution in [0.25, 0.3) is 0 Å². The van der Waals surface area contributed by atoms with E-state index < -0.39 is 91.1 Å². The summed E-state index contributed by atoms with van der Waals surface area (Å²) in [6.07, 6.45) is -4.51. The van der Waals surface area contributed by atoms with Gasteiger partial charge in [-0.15, -0.1) is 0 Å². The molecule has 5 atom stereocenters. The number of aliphatic hydroxyl groups is 1. The molecule has 0 saturated carbocycles. The smallest absolute Gasteiger partial charge is 0.326 e. The molecule has 0 aliphatic rings. The number of hydrogen-bond donors (Lipinski definition) is 9. The summed E-state index contributed by atoms with van der Waals surface area (Å²) in [7, 11) is 0. The second-order valence-corrected chi connectivity index (χ2v) is 6.58. The molecule has 5 unspecified atom stereocenters. The molecular formula is C16H24N4O12. The molecule has 3 amide bonds. The van der Waals surface area contributed by atoms with Gasteiger partial charge in [-0.05, 0) is 6.92 Å². The molecule has 0 aliphatic heterocycles. The molecule has 0 rings (SSSR count). The third-order valence-corrected chi connectivity index (χ3v) is 3.84. The first kappa shape index (κ1) is 28.2. The Morgan fingerprint density at radius 2 is 0.969 bits per heavy atom. The lowest BCUT2D eigenvalue weighted by atomic mass is 10.1. The van der Waals surface area contributed by atoms with Crippen LogP contribution in [0.2, 0.25) is 0 Å². The van der Waals surface area contributed by atoms with Crippen molar-refractivity contribution in [2.24, 2.45) is 5.73 Å². The summed E-state index contributed by atoms with van der Waals surface area (Å²) in [4.78, 5) is 80.5. The van der Waals surface area contributed by atoms with Gasteiger partial charge in [0, 0.05) is 0 Å². The number of hydrogen-bond acceptors (Lipinski definition) is 9. The van der Waals surface area contributed by atoms with E-state index in [1.165, 1.54) is 0 Å². The van der Waals surface area contributed by atoms with Gasteiger partial charge in [0.25, 0.3) is 0 Å². The molecule has 0 saturated heterocycles. The Morgan fingerprint density at radius 3 is 1.28 bits per heavy atom. The summed E-state index contributed by atoms with van der Waals surface area (Å²) in [5.74, 6) is -10.3. The number of aliphatic hydroxyl groups excluding tert-OH is 1. The average Bonchev–Trinajstić information content (AvgIpc) is 2.64. The molecule has 0 aromatic heterocycles. The SMILES string of the molecule is CC(O)C(N)C(=O)NC(CC(=O)O)C(=O)NC(CC(=O)O)C(=O)NC(CC(=O)O)C(=O)O. The largest absolute Gasteiger partial charge is 0.481 e. The molecule has 0 bridgehead atoms. The molecule has 0 fully saturated rings. The highest BCUT2D eigenvalue weighted by atomic mass is 16.4. The van der Waals surface area contributed by atoms with Crippen LogP contribution in [-0.2, 0) is 33.6 Å². The van der Waals surface area contributed by atoms with Crippen LogP contribution in [0, 0.1) is 0 Å². The first-order chi connectivity index (χ1) is 14.6. The Labute approximate surface area is 179 Å². The van der Waals surface area contributed by atoms with Gasteiger partial charge in [-0.25, -0.2) is 4.79 Å². The van der Waals surface area contributed by atoms with E-state index in [1.54, 1.807) is 5.32 Å². The zero-order valence-corrected chi connectivity index (χ0v) is 16.7. The highest BCUT2D eigenvalue weighted by Gasteiger charge is 2.33. The number of amides is 3. The van der Waals surface area contributed by atoms with Crippen molar-refractivity contribution in [3.8, 4) is 0 Å². The molecule has 10 N–H and O–H groups in total. The van der Waals surface area contributed by atoms with Crippen LogP contribution in [0.4, 0.5) is 0 Å². The minimum atomic E-state index is -1.95. The molecule has 0 aromatic carbocycles. The number of nitrogens with one attached hydrogen (secondary N) is 3. The molecule has 32 heavy (non-hydrogen) atoms. The van der Waals surface area contributed by atoms with Gasteiger partial charge in [0.05, 0.1) is 25.4 Å². The van der Waals surface area contributed by atoms with Gasteiger partial charge in [0.15, 0.2) is 0 Å².